The maximum Gasteiger partial charge on any atom is 0.153 e. The molecule has 0 aromatic rings. The largest absolute Gasteiger partial charge is 0.381 e. The van der Waals surface area contributed by atoms with E-state index in [1.54, 1.807) is 14.2 Å². The Kier molecular flexibility index (Phi) is 14.5. The van der Waals surface area contributed by atoms with E-state index in [1.807, 2.05) is 0 Å². The molecule has 0 heterocycles. The van der Waals surface area contributed by atoms with Crippen LogP contribution in [-0.2, 0) is 14.2 Å². The number of nitrogens with zero attached hydrogens (tertiary/aromatic N) is 1. The van der Waals surface area contributed by atoms with Crippen LogP contribution in [0, 0.1) is 0 Å². The first-order valence-electron chi connectivity index (χ1n) is 7.64. The predicted molar refractivity (Wildman–Crippen MR) is 83.8 cm³/mol. The lowest BCUT2D eigenvalue weighted by Crippen LogP contribution is -2.24. The van der Waals surface area contributed by atoms with Crippen molar-refractivity contribution in [3.63, 3.8) is 0 Å². The Labute approximate surface area is 121 Å². The van der Waals surface area contributed by atoms with Crippen LogP contribution in [0.4, 0.5) is 0 Å². The molecule has 0 spiro atoms. The van der Waals surface area contributed by atoms with Crippen molar-refractivity contribution in [3.8, 4) is 0 Å². The molecular formula is C14H33NO3Si. The van der Waals surface area contributed by atoms with Crippen molar-refractivity contribution < 1.29 is 14.2 Å². The first kappa shape index (κ1) is 19.1. The lowest BCUT2D eigenvalue weighted by molar-refractivity contribution is -0.0876. The SMILES string of the molecule is CCN(CC)CCCOCCC[SiH2]CC(OC)OC. The molecule has 0 saturated carbocycles. The summed E-state index contributed by atoms with van der Waals surface area (Å²) in [5, 5.41) is 0. The van der Waals surface area contributed by atoms with Crippen LogP contribution in [0.25, 0.3) is 0 Å². The molecule has 0 aliphatic carbocycles. The van der Waals surface area contributed by atoms with Crippen LogP contribution in [-0.4, -0.2) is 67.8 Å². The molecule has 0 N–H and O–H groups in total. The van der Waals surface area contributed by atoms with E-state index < -0.39 is 0 Å². The van der Waals surface area contributed by atoms with Crippen molar-refractivity contribution in [1.29, 1.82) is 0 Å². The van der Waals surface area contributed by atoms with Gasteiger partial charge in [-0.15, -0.1) is 0 Å². The summed E-state index contributed by atoms with van der Waals surface area (Å²) in [5.74, 6) is 0. The summed E-state index contributed by atoms with van der Waals surface area (Å²) in [6.07, 6.45) is 2.35. The Morgan fingerprint density at radius 2 is 1.63 bits per heavy atom. The molecule has 0 aliphatic rings. The summed E-state index contributed by atoms with van der Waals surface area (Å²) in [7, 11) is 3.36. The minimum atomic E-state index is -0.0561. The number of ether oxygens (including phenoxy) is 3. The van der Waals surface area contributed by atoms with Crippen molar-refractivity contribution in [2.24, 2.45) is 0 Å². The van der Waals surface area contributed by atoms with Crippen molar-refractivity contribution in [1.82, 2.24) is 4.90 Å². The number of hydrogen-bond donors (Lipinski definition) is 0. The molecular weight excluding hydrogens is 258 g/mol. The first-order valence-corrected chi connectivity index (χ1v) is 9.64. The van der Waals surface area contributed by atoms with Gasteiger partial charge in [-0.2, -0.15) is 0 Å². The second-order valence-electron chi connectivity index (χ2n) is 4.74. The molecule has 5 heteroatoms. The zero-order chi connectivity index (χ0) is 14.3. The monoisotopic (exact) mass is 291 g/mol. The van der Waals surface area contributed by atoms with Gasteiger partial charge in [0, 0.05) is 43.5 Å². The molecule has 19 heavy (non-hydrogen) atoms. The van der Waals surface area contributed by atoms with E-state index in [1.165, 1.54) is 12.5 Å². The molecule has 0 aliphatic heterocycles. The normalized spacial score (nSPS) is 12.3. The van der Waals surface area contributed by atoms with Crippen molar-refractivity contribution in [2.75, 3.05) is 47.1 Å². The second kappa shape index (κ2) is 14.5. The van der Waals surface area contributed by atoms with Crippen LogP contribution < -0.4 is 0 Å². The van der Waals surface area contributed by atoms with Crippen LogP contribution in [0.15, 0.2) is 0 Å². The van der Waals surface area contributed by atoms with Gasteiger partial charge in [0.25, 0.3) is 0 Å². The van der Waals surface area contributed by atoms with Gasteiger partial charge in [-0.05, 0) is 32.0 Å². The van der Waals surface area contributed by atoms with Gasteiger partial charge in [0.15, 0.2) is 6.29 Å². The number of hydrogen-bond acceptors (Lipinski definition) is 4. The zero-order valence-corrected chi connectivity index (χ0v) is 14.7. The lowest BCUT2D eigenvalue weighted by atomic mass is 10.4. The standard InChI is InChI=1S/C14H33NO3Si/c1-5-15(6-2)9-7-10-18-11-8-12-19-13-14(16-3)17-4/h14H,5-13,19H2,1-4H3. The maximum atomic E-state index is 5.67. The maximum absolute atomic E-state index is 5.67. The highest BCUT2D eigenvalue weighted by Crippen LogP contribution is 2.01. The fraction of sp³-hybridized carbons (Fsp3) is 1.00. The molecule has 0 amide bonds. The average Bonchev–Trinajstić information content (AvgIpc) is 2.45. The molecule has 0 unspecified atom stereocenters. The smallest absolute Gasteiger partial charge is 0.153 e. The molecule has 0 atom stereocenters. The molecule has 0 rings (SSSR count). The summed E-state index contributed by atoms with van der Waals surface area (Å²) < 4.78 is 16.0. The van der Waals surface area contributed by atoms with E-state index in [2.05, 4.69) is 18.7 Å². The fourth-order valence-corrected chi connectivity index (χ4v) is 3.71. The van der Waals surface area contributed by atoms with Crippen LogP contribution >= 0.6 is 0 Å². The minimum absolute atomic E-state index is 0.0154. The third-order valence-corrected chi connectivity index (χ3v) is 5.29. The van der Waals surface area contributed by atoms with E-state index in [4.69, 9.17) is 14.2 Å². The van der Waals surface area contributed by atoms with Crippen LogP contribution in [0.1, 0.15) is 26.7 Å². The van der Waals surface area contributed by atoms with Gasteiger partial charge in [-0.25, -0.2) is 0 Å². The van der Waals surface area contributed by atoms with Gasteiger partial charge in [-0.3, -0.25) is 0 Å². The minimum Gasteiger partial charge on any atom is -0.381 e. The quantitative estimate of drug-likeness (QED) is 0.277. The number of methoxy groups -OCH3 is 2. The predicted octanol–water partition coefficient (Wildman–Crippen LogP) is 1.75. The zero-order valence-electron chi connectivity index (χ0n) is 13.3. The highest BCUT2D eigenvalue weighted by molar-refractivity contribution is 6.35. The number of rotatable bonds is 14. The molecule has 0 aromatic carbocycles. The second-order valence-corrected chi connectivity index (χ2v) is 6.73. The first-order chi connectivity index (χ1) is 9.28. The molecule has 0 fully saturated rings. The third-order valence-electron chi connectivity index (χ3n) is 3.41. The van der Waals surface area contributed by atoms with Gasteiger partial charge in [0.1, 0.15) is 0 Å². The van der Waals surface area contributed by atoms with Crippen LogP contribution in [0.5, 0.6) is 0 Å². The van der Waals surface area contributed by atoms with E-state index >= 15 is 0 Å². The molecule has 0 bridgehead atoms. The Bertz CT molecular complexity index is 158. The van der Waals surface area contributed by atoms with E-state index in [0.717, 1.165) is 45.3 Å². The highest BCUT2D eigenvalue weighted by atomic mass is 28.2. The summed E-state index contributed by atoms with van der Waals surface area (Å²) in [6, 6.07) is 2.42. The average molecular weight is 292 g/mol. The summed E-state index contributed by atoms with van der Waals surface area (Å²) >= 11 is 0. The van der Waals surface area contributed by atoms with Crippen molar-refractivity contribution in [3.05, 3.63) is 0 Å². The van der Waals surface area contributed by atoms with E-state index in [-0.39, 0.29) is 15.8 Å². The molecule has 116 valence electrons. The molecule has 4 nitrogen and oxygen atoms in total. The Morgan fingerprint density at radius 1 is 1.00 bits per heavy atom. The Hall–Kier alpha value is 0.0569. The highest BCUT2D eigenvalue weighted by Gasteiger charge is 2.04. The summed E-state index contributed by atoms with van der Waals surface area (Å²) in [6.45, 7) is 9.67. The fourth-order valence-electron chi connectivity index (χ4n) is 2.06. The van der Waals surface area contributed by atoms with Gasteiger partial charge in [0.2, 0.25) is 0 Å². The van der Waals surface area contributed by atoms with Gasteiger partial charge in [-0.1, -0.05) is 19.9 Å². The summed E-state index contributed by atoms with van der Waals surface area (Å²) in [5.41, 5.74) is 0. The topological polar surface area (TPSA) is 30.9 Å². The van der Waals surface area contributed by atoms with Crippen LogP contribution in [0.3, 0.4) is 0 Å². The Morgan fingerprint density at radius 3 is 2.21 bits per heavy atom. The molecule has 0 saturated heterocycles. The van der Waals surface area contributed by atoms with Gasteiger partial charge in [0.05, 0.1) is 0 Å². The van der Waals surface area contributed by atoms with Crippen LogP contribution in [0.2, 0.25) is 12.1 Å². The molecule has 0 radical (unpaired) electrons. The van der Waals surface area contributed by atoms with Crippen molar-refractivity contribution >= 4 is 9.52 Å². The van der Waals surface area contributed by atoms with Crippen molar-refractivity contribution in [2.45, 2.75) is 45.1 Å². The van der Waals surface area contributed by atoms with E-state index in [9.17, 15) is 0 Å². The third kappa shape index (κ3) is 11.6. The molecule has 0 aromatic heterocycles. The van der Waals surface area contributed by atoms with E-state index in [0.29, 0.717) is 0 Å². The Balaban J connectivity index is 3.19. The lowest BCUT2D eigenvalue weighted by Gasteiger charge is -2.17. The van der Waals surface area contributed by atoms with Gasteiger partial charge >= 0.3 is 0 Å². The summed E-state index contributed by atoms with van der Waals surface area (Å²) in [4.78, 5) is 2.44. The van der Waals surface area contributed by atoms with Gasteiger partial charge < -0.3 is 19.1 Å².